The summed E-state index contributed by atoms with van der Waals surface area (Å²) in [5, 5.41) is 9.57. The monoisotopic (exact) mass is 813 g/mol. The van der Waals surface area contributed by atoms with E-state index in [-0.39, 0.29) is 38.1 Å². The summed E-state index contributed by atoms with van der Waals surface area (Å²) in [5.41, 5.74) is 0. The highest BCUT2D eigenvalue weighted by Gasteiger charge is 2.27. The van der Waals surface area contributed by atoms with Gasteiger partial charge in [-0.05, 0) is 57.8 Å². The molecule has 0 rings (SSSR count). The maximum Gasteiger partial charge on any atom is 0.472 e. The number of phosphoric ester groups is 1. The van der Waals surface area contributed by atoms with Crippen LogP contribution in [0, 0.1) is 0 Å². The van der Waals surface area contributed by atoms with Gasteiger partial charge in [-0.1, -0.05) is 146 Å². The Balaban J connectivity index is 4.47. The third-order valence-corrected chi connectivity index (χ3v) is 10.3. The van der Waals surface area contributed by atoms with E-state index in [0.29, 0.717) is 23.9 Å². The SMILES string of the molecule is CCCCCCCCCCCCCCCCC(=O)OC[C@H](COP(=O)(O)OCC[N+](C)(C)C)OC(=O)CCC/C=C\C/C=C\C/C=C\C/C=C\CC[C@H](O)CC. The Morgan fingerprint density at radius 1 is 0.625 bits per heavy atom. The third kappa shape index (κ3) is 40.1. The van der Waals surface area contributed by atoms with Gasteiger partial charge >= 0.3 is 19.8 Å². The van der Waals surface area contributed by atoms with Crippen molar-refractivity contribution >= 4 is 19.8 Å². The topological polar surface area (TPSA) is 129 Å². The molecule has 1 unspecified atom stereocenters. The molecule has 0 radical (unpaired) electrons. The Bertz CT molecular complexity index is 1120. The zero-order valence-electron chi connectivity index (χ0n) is 36.2. The number of unbranched alkanes of at least 4 members (excludes halogenated alkanes) is 14. The molecule has 11 heteroatoms. The minimum absolute atomic E-state index is 0.0148. The number of allylic oxidation sites excluding steroid dienone is 8. The maximum absolute atomic E-state index is 12.7. The molecule has 0 aliphatic carbocycles. The fourth-order valence-electron chi connectivity index (χ4n) is 5.63. The number of hydrogen-bond acceptors (Lipinski definition) is 8. The lowest BCUT2D eigenvalue weighted by Gasteiger charge is -2.24. The molecule has 3 atom stereocenters. The van der Waals surface area contributed by atoms with Gasteiger partial charge in [0.1, 0.15) is 19.8 Å². The summed E-state index contributed by atoms with van der Waals surface area (Å²) in [6, 6.07) is 0. The Labute approximate surface area is 342 Å². The van der Waals surface area contributed by atoms with Crippen molar-refractivity contribution in [2.24, 2.45) is 0 Å². The number of rotatable bonds is 39. The number of aliphatic hydroxyl groups excluding tert-OH is 1. The molecule has 0 aliphatic rings. The van der Waals surface area contributed by atoms with E-state index in [9.17, 15) is 24.2 Å². The van der Waals surface area contributed by atoms with Crippen LogP contribution in [0.5, 0.6) is 0 Å². The van der Waals surface area contributed by atoms with Gasteiger partial charge in [0.15, 0.2) is 6.10 Å². The van der Waals surface area contributed by atoms with E-state index in [1.165, 1.54) is 70.6 Å². The van der Waals surface area contributed by atoms with E-state index in [0.717, 1.165) is 57.8 Å². The zero-order chi connectivity index (χ0) is 41.6. The number of quaternary nitrogens is 1. The number of likely N-dealkylation sites (N-methyl/N-ethyl adjacent to an activating group) is 1. The van der Waals surface area contributed by atoms with Crippen LogP contribution in [0.4, 0.5) is 0 Å². The van der Waals surface area contributed by atoms with Crippen molar-refractivity contribution in [3.63, 3.8) is 0 Å². The average Bonchev–Trinajstić information content (AvgIpc) is 3.15. The van der Waals surface area contributed by atoms with Crippen LogP contribution in [0.1, 0.15) is 168 Å². The molecule has 0 amide bonds. The fourth-order valence-corrected chi connectivity index (χ4v) is 6.37. The molecule has 0 saturated heterocycles. The molecule has 0 aromatic carbocycles. The van der Waals surface area contributed by atoms with Crippen LogP contribution in [0.25, 0.3) is 0 Å². The van der Waals surface area contributed by atoms with Gasteiger partial charge in [0.05, 0.1) is 33.9 Å². The van der Waals surface area contributed by atoms with Gasteiger partial charge in [0.25, 0.3) is 0 Å². The van der Waals surface area contributed by atoms with Gasteiger partial charge in [-0.3, -0.25) is 18.6 Å². The molecular weight excluding hydrogens is 729 g/mol. The highest BCUT2D eigenvalue weighted by atomic mass is 31.2. The summed E-state index contributed by atoms with van der Waals surface area (Å²) in [7, 11) is 1.42. The first-order valence-corrected chi connectivity index (χ1v) is 23.4. The lowest BCUT2D eigenvalue weighted by atomic mass is 10.0. The summed E-state index contributed by atoms with van der Waals surface area (Å²) in [4.78, 5) is 35.3. The third-order valence-electron chi connectivity index (χ3n) is 9.28. The number of ether oxygens (including phenoxy) is 2. The molecule has 0 aromatic rings. The van der Waals surface area contributed by atoms with Gasteiger partial charge < -0.3 is 24.0 Å². The predicted octanol–water partition coefficient (Wildman–Crippen LogP) is 11.3. The molecule has 326 valence electrons. The molecule has 0 spiro atoms. The zero-order valence-corrected chi connectivity index (χ0v) is 37.1. The first kappa shape index (κ1) is 53.9. The number of carbonyl (C=O) groups excluding carboxylic acids is 2. The highest BCUT2D eigenvalue weighted by molar-refractivity contribution is 7.47. The Kier molecular flexibility index (Phi) is 35.8. The molecule has 0 aliphatic heterocycles. The molecule has 0 saturated carbocycles. The van der Waals surface area contributed by atoms with E-state index in [4.69, 9.17) is 18.5 Å². The summed E-state index contributed by atoms with van der Waals surface area (Å²) in [6.45, 7) is 4.06. The molecular formula is C45H83NO9P+. The van der Waals surface area contributed by atoms with Crippen molar-refractivity contribution in [3.8, 4) is 0 Å². The van der Waals surface area contributed by atoms with Crippen molar-refractivity contribution in [1.29, 1.82) is 0 Å². The van der Waals surface area contributed by atoms with Gasteiger partial charge in [-0.25, -0.2) is 4.57 Å². The first-order valence-electron chi connectivity index (χ1n) is 21.9. The molecule has 2 N–H and O–H groups in total. The van der Waals surface area contributed by atoms with Gasteiger partial charge in [-0.15, -0.1) is 0 Å². The average molecular weight is 813 g/mol. The number of esters is 2. The summed E-state index contributed by atoms with van der Waals surface area (Å²) in [5.74, 6) is -0.882. The highest BCUT2D eigenvalue weighted by Crippen LogP contribution is 2.43. The molecule has 0 heterocycles. The van der Waals surface area contributed by atoms with Crippen molar-refractivity contribution in [2.45, 2.75) is 180 Å². The second-order valence-corrected chi connectivity index (χ2v) is 17.3. The van der Waals surface area contributed by atoms with Gasteiger partial charge in [0, 0.05) is 12.8 Å². The van der Waals surface area contributed by atoms with E-state index in [1.807, 2.05) is 34.1 Å². The van der Waals surface area contributed by atoms with Crippen molar-refractivity contribution < 1.29 is 47.2 Å². The van der Waals surface area contributed by atoms with Crippen LogP contribution in [0.2, 0.25) is 0 Å². The molecule has 56 heavy (non-hydrogen) atoms. The second kappa shape index (κ2) is 37.2. The summed E-state index contributed by atoms with van der Waals surface area (Å²) in [6.07, 6.45) is 39.6. The number of hydrogen-bond donors (Lipinski definition) is 2. The van der Waals surface area contributed by atoms with Gasteiger partial charge in [0.2, 0.25) is 0 Å². The second-order valence-electron chi connectivity index (χ2n) is 15.9. The smallest absolute Gasteiger partial charge is 0.462 e. The number of phosphoric acid groups is 1. The minimum Gasteiger partial charge on any atom is -0.462 e. The number of nitrogens with zero attached hydrogens (tertiary/aromatic N) is 1. The minimum atomic E-state index is -4.40. The predicted molar refractivity (Wildman–Crippen MR) is 230 cm³/mol. The van der Waals surface area contributed by atoms with Crippen LogP contribution < -0.4 is 0 Å². The van der Waals surface area contributed by atoms with Crippen LogP contribution >= 0.6 is 7.82 Å². The molecule has 10 nitrogen and oxygen atoms in total. The van der Waals surface area contributed by atoms with Crippen LogP contribution in [0.15, 0.2) is 48.6 Å². The van der Waals surface area contributed by atoms with E-state index < -0.39 is 26.5 Å². The summed E-state index contributed by atoms with van der Waals surface area (Å²) < 4.78 is 34.2. The molecule has 0 fully saturated rings. The quantitative estimate of drug-likeness (QED) is 0.0205. The Morgan fingerprint density at radius 2 is 1.11 bits per heavy atom. The lowest BCUT2D eigenvalue weighted by molar-refractivity contribution is -0.870. The Hall–Kier alpha value is -2.07. The largest absolute Gasteiger partial charge is 0.472 e. The number of aliphatic hydroxyl groups is 1. The first-order chi connectivity index (χ1) is 26.9. The van der Waals surface area contributed by atoms with E-state index in [1.54, 1.807) is 0 Å². The van der Waals surface area contributed by atoms with E-state index >= 15 is 0 Å². The molecule has 0 aromatic heterocycles. The lowest BCUT2D eigenvalue weighted by Crippen LogP contribution is -2.37. The normalized spacial score (nSPS) is 14.6. The number of carbonyl (C=O) groups is 2. The Morgan fingerprint density at radius 3 is 1.62 bits per heavy atom. The van der Waals surface area contributed by atoms with Crippen molar-refractivity contribution in [1.82, 2.24) is 0 Å². The fraction of sp³-hybridized carbons (Fsp3) is 0.778. The van der Waals surface area contributed by atoms with Crippen molar-refractivity contribution in [3.05, 3.63) is 48.6 Å². The van der Waals surface area contributed by atoms with Crippen LogP contribution in [0.3, 0.4) is 0 Å². The molecule has 0 bridgehead atoms. The van der Waals surface area contributed by atoms with E-state index in [2.05, 4.69) is 49.5 Å². The maximum atomic E-state index is 12.7. The van der Waals surface area contributed by atoms with Crippen LogP contribution in [-0.2, 0) is 32.7 Å². The standard InChI is InChI=1S/C45H82NO9P/c1-6-8-9-10-11-12-13-14-18-21-24-27-30-33-36-44(48)52-40-43(41-54-56(50,51)53-39-38-46(3,4)5)55-45(49)37-34-31-28-25-22-19-16-15-17-20-23-26-29-32-35-42(47)7-2/h16-17,19-20,25-26,28-29,42-43,47H,6-15,18,21-24,27,30-41H2,1-5H3/p+1/b19-16-,20-17-,28-25-,29-26-/t42-,43-/m1/s1. The van der Waals surface area contributed by atoms with Gasteiger partial charge in [-0.2, -0.15) is 0 Å². The van der Waals surface area contributed by atoms with Crippen LogP contribution in [-0.4, -0.2) is 86.1 Å². The van der Waals surface area contributed by atoms with Crippen molar-refractivity contribution in [2.75, 3.05) is 47.5 Å². The summed E-state index contributed by atoms with van der Waals surface area (Å²) >= 11 is 0.